The van der Waals surface area contributed by atoms with Crippen LogP contribution in [0.15, 0.2) is 66.7 Å². The normalized spacial score (nSPS) is 17.0. The summed E-state index contributed by atoms with van der Waals surface area (Å²) in [4.78, 5) is 42.8. The van der Waals surface area contributed by atoms with Crippen LogP contribution in [-0.4, -0.2) is 66.9 Å². The maximum atomic E-state index is 13.4. The summed E-state index contributed by atoms with van der Waals surface area (Å²) in [5.41, 5.74) is 1.32. The van der Waals surface area contributed by atoms with Gasteiger partial charge in [-0.1, -0.05) is 42.5 Å². The monoisotopic (exact) mass is 499 g/mol. The Morgan fingerprint density at radius 3 is 2.05 bits per heavy atom. The molecule has 0 atom stereocenters. The van der Waals surface area contributed by atoms with E-state index in [9.17, 15) is 14.4 Å². The van der Waals surface area contributed by atoms with Crippen molar-refractivity contribution in [2.45, 2.75) is 31.7 Å². The number of carbonyl (C=O) groups is 3. The molecule has 2 fully saturated rings. The van der Waals surface area contributed by atoms with Crippen molar-refractivity contribution < 1.29 is 19.1 Å². The molecule has 0 bridgehead atoms. The molecule has 2 aliphatic heterocycles. The second-order valence-electron chi connectivity index (χ2n) is 9.87. The highest BCUT2D eigenvalue weighted by Crippen LogP contribution is 2.30. The predicted octanol–water partition coefficient (Wildman–Crippen LogP) is 4.12. The fourth-order valence-corrected chi connectivity index (χ4v) is 5.50. The topological polar surface area (TPSA) is 79.0 Å². The third-order valence-corrected chi connectivity index (χ3v) is 7.64. The molecule has 0 saturated carbocycles. The molecule has 3 amide bonds. The Balaban J connectivity index is 1.13. The number of hydrogen-bond acceptors (Lipinski definition) is 4. The van der Waals surface area contributed by atoms with Crippen LogP contribution >= 0.6 is 0 Å². The van der Waals surface area contributed by atoms with Gasteiger partial charge >= 0.3 is 0 Å². The van der Waals surface area contributed by atoms with Crippen molar-refractivity contribution in [3.8, 4) is 5.75 Å². The second kappa shape index (κ2) is 11.0. The Hall–Kier alpha value is -3.87. The highest BCUT2D eigenvalue weighted by atomic mass is 16.5. The summed E-state index contributed by atoms with van der Waals surface area (Å²) in [5.74, 6) is 0.800. The van der Waals surface area contributed by atoms with Gasteiger partial charge in [-0.25, -0.2) is 0 Å². The number of rotatable bonds is 5. The van der Waals surface area contributed by atoms with Gasteiger partial charge in [-0.05, 0) is 55.3 Å². The lowest BCUT2D eigenvalue weighted by atomic mass is 9.93. The number of carbonyl (C=O) groups excluding carboxylic acids is 3. The van der Waals surface area contributed by atoms with Gasteiger partial charge in [0.1, 0.15) is 5.75 Å². The number of likely N-dealkylation sites (tertiary alicyclic amines) is 2. The summed E-state index contributed by atoms with van der Waals surface area (Å²) in [6, 6.07) is 20.8. The van der Waals surface area contributed by atoms with E-state index in [0.29, 0.717) is 50.1 Å². The number of methoxy groups -OCH3 is 1. The van der Waals surface area contributed by atoms with Crippen LogP contribution in [0.1, 0.15) is 46.4 Å². The summed E-state index contributed by atoms with van der Waals surface area (Å²) in [7, 11) is 1.63. The van der Waals surface area contributed by atoms with Gasteiger partial charge in [0.05, 0.1) is 7.11 Å². The van der Waals surface area contributed by atoms with Crippen LogP contribution in [-0.2, 0) is 4.79 Å². The number of nitrogens with zero attached hydrogens (tertiary/aromatic N) is 2. The lowest BCUT2D eigenvalue weighted by Crippen LogP contribution is -2.50. The molecule has 5 rings (SSSR count). The fourth-order valence-electron chi connectivity index (χ4n) is 5.50. The van der Waals surface area contributed by atoms with Crippen LogP contribution < -0.4 is 10.1 Å². The van der Waals surface area contributed by atoms with Crippen LogP contribution in [0.25, 0.3) is 10.8 Å². The summed E-state index contributed by atoms with van der Waals surface area (Å²) >= 11 is 0. The van der Waals surface area contributed by atoms with Gasteiger partial charge in [-0.3, -0.25) is 14.4 Å². The third-order valence-electron chi connectivity index (χ3n) is 7.64. The number of amides is 3. The zero-order valence-electron chi connectivity index (χ0n) is 21.2. The molecule has 0 aliphatic carbocycles. The predicted molar refractivity (Wildman–Crippen MR) is 143 cm³/mol. The van der Waals surface area contributed by atoms with Crippen molar-refractivity contribution in [1.82, 2.24) is 15.1 Å². The zero-order chi connectivity index (χ0) is 25.8. The van der Waals surface area contributed by atoms with Gasteiger partial charge in [0, 0.05) is 54.7 Å². The highest BCUT2D eigenvalue weighted by molar-refractivity contribution is 6.08. The largest absolute Gasteiger partial charge is 0.496 e. The molecular formula is C30H33N3O4. The lowest BCUT2D eigenvalue weighted by Gasteiger charge is -2.37. The molecule has 0 unspecified atom stereocenters. The summed E-state index contributed by atoms with van der Waals surface area (Å²) in [5, 5.41) is 4.90. The van der Waals surface area contributed by atoms with Crippen LogP contribution in [0.5, 0.6) is 5.75 Å². The Kier molecular flexibility index (Phi) is 7.40. The Labute approximate surface area is 217 Å². The van der Waals surface area contributed by atoms with E-state index in [2.05, 4.69) is 5.32 Å². The average Bonchev–Trinajstić information content (AvgIpc) is 2.96. The second-order valence-corrected chi connectivity index (χ2v) is 9.87. The van der Waals surface area contributed by atoms with Gasteiger partial charge in [-0.15, -0.1) is 0 Å². The molecule has 192 valence electrons. The van der Waals surface area contributed by atoms with E-state index in [1.54, 1.807) is 7.11 Å². The summed E-state index contributed by atoms with van der Waals surface area (Å²) in [6.45, 7) is 2.43. The number of ether oxygens (including phenoxy) is 1. The molecule has 7 nitrogen and oxygen atoms in total. The first kappa shape index (κ1) is 24.8. The maximum absolute atomic E-state index is 13.4. The number of hydrogen-bond donors (Lipinski definition) is 1. The zero-order valence-corrected chi connectivity index (χ0v) is 21.2. The van der Waals surface area contributed by atoms with Crippen molar-refractivity contribution >= 4 is 28.5 Å². The van der Waals surface area contributed by atoms with Crippen LogP contribution in [0, 0.1) is 5.92 Å². The molecule has 7 heteroatoms. The molecule has 37 heavy (non-hydrogen) atoms. The smallest absolute Gasteiger partial charge is 0.254 e. The van der Waals surface area contributed by atoms with Gasteiger partial charge in [-0.2, -0.15) is 0 Å². The fraction of sp³-hybridized carbons (Fsp3) is 0.367. The van der Waals surface area contributed by atoms with Crippen LogP contribution in [0.4, 0.5) is 0 Å². The number of fused-ring (bicyclic) bond motifs is 1. The van der Waals surface area contributed by atoms with Gasteiger partial charge in [0.25, 0.3) is 11.8 Å². The molecule has 2 saturated heterocycles. The molecule has 0 aromatic heterocycles. The number of benzene rings is 3. The molecule has 3 aromatic carbocycles. The van der Waals surface area contributed by atoms with E-state index in [1.807, 2.05) is 76.5 Å². The van der Waals surface area contributed by atoms with Crippen molar-refractivity contribution in [3.05, 3.63) is 77.9 Å². The first-order chi connectivity index (χ1) is 18.0. The van der Waals surface area contributed by atoms with E-state index in [0.717, 1.165) is 29.4 Å². The highest BCUT2D eigenvalue weighted by Gasteiger charge is 2.33. The lowest BCUT2D eigenvalue weighted by molar-refractivity contribution is -0.138. The summed E-state index contributed by atoms with van der Waals surface area (Å²) in [6.07, 6.45) is 2.85. The molecular weight excluding hydrogens is 466 g/mol. The van der Waals surface area contributed by atoms with E-state index in [1.165, 1.54) is 0 Å². The first-order valence-corrected chi connectivity index (χ1v) is 13.0. The first-order valence-electron chi connectivity index (χ1n) is 13.0. The average molecular weight is 500 g/mol. The quantitative estimate of drug-likeness (QED) is 0.573. The van der Waals surface area contributed by atoms with Gasteiger partial charge < -0.3 is 19.9 Å². The Morgan fingerprint density at radius 2 is 1.38 bits per heavy atom. The summed E-state index contributed by atoms with van der Waals surface area (Å²) < 4.78 is 5.46. The van der Waals surface area contributed by atoms with E-state index < -0.39 is 0 Å². The molecule has 0 radical (unpaired) electrons. The minimum Gasteiger partial charge on any atom is -0.496 e. The van der Waals surface area contributed by atoms with Crippen molar-refractivity contribution in [2.24, 2.45) is 5.92 Å². The number of nitrogens with one attached hydrogen (secondary N) is 1. The minimum atomic E-state index is -0.0629. The molecule has 1 N–H and O–H groups in total. The SMILES string of the molecule is COc1ccc(C(=O)N2CCC(C(=O)N3CCC(NC(=O)c4ccccc4)CC3)CC2)c2ccccc12. The Bertz CT molecular complexity index is 1280. The van der Waals surface area contributed by atoms with E-state index in [4.69, 9.17) is 4.74 Å². The molecule has 3 aromatic rings. The van der Waals surface area contributed by atoms with Gasteiger partial charge in [0.15, 0.2) is 0 Å². The van der Waals surface area contributed by atoms with Crippen molar-refractivity contribution in [1.29, 1.82) is 0 Å². The Morgan fingerprint density at radius 1 is 0.757 bits per heavy atom. The van der Waals surface area contributed by atoms with Crippen LogP contribution in [0.3, 0.4) is 0 Å². The minimum absolute atomic E-state index is 0.000256. The van der Waals surface area contributed by atoms with Crippen molar-refractivity contribution in [2.75, 3.05) is 33.3 Å². The standard InChI is InChI=1S/C30H33N3O4/c1-37-27-12-11-26(24-9-5-6-10-25(24)27)30(36)33-17-13-22(14-18-33)29(35)32-19-15-23(16-20-32)31-28(34)21-7-3-2-4-8-21/h2-12,22-23H,13-20H2,1H3,(H,31,34). The van der Waals surface area contributed by atoms with E-state index in [-0.39, 0.29) is 29.7 Å². The van der Waals surface area contributed by atoms with Crippen LogP contribution in [0.2, 0.25) is 0 Å². The molecule has 2 heterocycles. The molecule has 0 spiro atoms. The van der Waals surface area contributed by atoms with E-state index >= 15 is 0 Å². The number of piperidine rings is 2. The third kappa shape index (κ3) is 5.31. The maximum Gasteiger partial charge on any atom is 0.254 e. The van der Waals surface area contributed by atoms with Gasteiger partial charge in [0.2, 0.25) is 5.91 Å². The molecule has 2 aliphatic rings. The van der Waals surface area contributed by atoms with Crippen molar-refractivity contribution in [3.63, 3.8) is 0 Å².